The van der Waals surface area contributed by atoms with Crippen LogP contribution in [0.25, 0.3) is 0 Å². The molecular weight excluding hydrogens is 280 g/mol. The highest BCUT2D eigenvalue weighted by molar-refractivity contribution is 5.52. The zero-order valence-corrected chi connectivity index (χ0v) is 12.7. The molecular formula is C15H18N6O. The second-order valence-electron chi connectivity index (χ2n) is 5.79. The molecule has 5 rings (SSSR count). The number of nitrogens with zero attached hydrogens (tertiary/aromatic N) is 6. The maximum Gasteiger partial charge on any atom is 0.218 e. The van der Waals surface area contributed by atoms with Gasteiger partial charge in [0.15, 0.2) is 0 Å². The summed E-state index contributed by atoms with van der Waals surface area (Å²) in [5.41, 5.74) is 1.00. The Morgan fingerprint density at radius 3 is 2.45 bits per heavy atom. The Hall–Kier alpha value is -2.44. The number of fused-ring (bicyclic) bond motifs is 2. The lowest BCUT2D eigenvalue weighted by Crippen LogP contribution is -2.69. The maximum absolute atomic E-state index is 5.19. The Kier molecular flexibility index (Phi) is 3.06. The smallest absolute Gasteiger partial charge is 0.218 e. The van der Waals surface area contributed by atoms with Gasteiger partial charge in [-0.3, -0.25) is 0 Å². The molecule has 0 aliphatic carbocycles. The number of ether oxygens (including phenoxy) is 1. The van der Waals surface area contributed by atoms with E-state index >= 15 is 0 Å². The minimum atomic E-state index is 0.466. The van der Waals surface area contributed by atoms with Crippen molar-refractivity contribution in [3.63, 3.8) is 0 Å². The van der Waals surface area contributed by atoms with Crippen LogP contribution < -0.4 is 14.5 Å². The van der Waals surface area contributed by atoms with E-state index in [4.69, 9.17) is 4.74 Å². The third-order valence-electron chi connectivity index (χ3n) is 4.41. The molecule has 3 fully saturated rings. The fourth-order valence-corrected chi connectivity index (χ4v) is 3.37. The zero-order valence-electron chi connectivity index (χ0n) is 12.7. The van der Waals surface area contributed by atoms with Gasteiger partial charge in [0.2, 0.25) is 5.88 Å². The molecule has 0 spiro atoms. The maximum atomic E-state index is 5.19. The van der Waals surface area contributed by atoms with Crippen molar-refractivity contribution in [1.82, 2.24) is 19.9 Å². The molecule has 0 aromatic carbocycles. The molecule has 22 heavy (non-hydrogen) atoms. The van der Waals surface area contributed by atoms with Crippen LogP contribution in [0.15, 0.2) is 24.8 Å². The van der Waals surface area contributed by atoms with Crippen LogP contribution in [-0.2, 0) is 0 Å². The highest BCUT2D eigenvalue weighted by atomic mass is 16.5. The van der Waals surface area contributed by atoms with Gasteiger partial charge in [0.05, 0.1) is 19.2 Å². The van der Waals surface area contributed by atoms with Crippen LogP contribution in [0.1, 0.15) is 12.1 Å². The number of aryl methyl sites for hydroxylation is 1. The summed E-state index contributed by atoms with van der Waals surface area (Å²) in [6.45, 7) is 3.91. The molecule has 114 valence electrons. The van der Waals surface area contributed by atoms with Crippen molar-refractivity contribution in [3.05, 3.63) is 30.5 Å². The second kappa shape index (κ2) is 5.08. The molecule has 7 nitrogen and oxygen atoms in total. The van der Waals surface area contributed by atoms with Gasteiger partial charge in [0, 0.05) is 30.9 Å². The average molecular weight is 298 g/mol. The highest BCUT2D eigenvalue weighted by Gasteiger charge is 2.45. The summed E-state index contributed by atoms with van der Waals surface area (Å²) < 4.78 is 5.19. The second-order valence-corrected chi connectivity index (χ2v) is 5.79. The van der Waals surface area contributed by atoms with Crippen LogP contribution in [-0.4, -0.2) is 52.2 Å². The van der Waals surface area contributed by atoms with Gasteiger partial charge in [-0.2, -0.15) is 0 Å². The lowest BCUT2D eigenvalue weighted by atomic mass is 9.87. The molecule has 3 aliphatic heterocycles. The van der Waals surface area contributed by atoms with E-state index in [1.54, 1.807) is 19.8 Å². The molecule has 0 radical (unpaired) electrons. The summed E-state index contributed by atoms with van der Waals surface area (Å²) in [6, 6.07) is 4.88. The Balaban J connectivity index is 1.53. The Morgan fingerprint density at radius 1 is 1.00 bits per heavy atom. The van der Waals surface area contributed by atoms with Crippen LogP contribution in [0.4, 0.5) is 11.6 Å². The van der Waals surface area contributed by atoms with Crippen molar-refractivity contribution in [1.29, 1.82) is 0 Å². The van der Waals surface area contributed by atoms with Gasteiger partial charge in [-0.1, -0.05) is 0 Å². The lowest BCUT2D eigenvalue weighted by Gasteiger charge is -2.57. The quantitative estimate of drug-likeness (QED) is 0.839. The highest BCUT2D eigenvalue weighted by Crippen LogP contribution is 2.37. The van der Waals surface area contributed by atoms with E-state index in [2.05, 4.69) is 29.7 Å². The van der Waals surface area contributed by atoms with Gasteiger partial charge < -0.3 is 14.5 Å². The van der Waals surface area contributed by atoms with Crippen LogP contribution in [0.2, 0.25) is 0 Å². The number of piperidine rings is 1. The van der Waals surface area contributed by atoms with Crippen molar-refractivity contribution in [2.24, 2.45) is 0 Å². The number of hydrogen-bond acceptors (Lipinski definition) is 7. The number of anilines is 2. The van der Waals surface area contributed by atoms with Gasteiger partial charge in [-0.15, -0.1) is 0 Å². The SMILES string of the molecule is COc1cc(N2C3CC2CN(c2cc(C)ncn2)C3)ncn1. The van der Waals surface area contributed by atoms with Crippen molar-refractivity contribution in [2.45, 2.75) is 25.4 Å². The summed E-state index contributed by atoms with van der Waals surface area (Å²) in [5, 5.41) is 0. The van der Waals surface area contributed by atoms with Crippen LogP contribution in [0.3, 0.4) is 0 Å². The van der Waals surface area contributed by atoms with E-state index in [0.29, 0.717) is 18.0 Å². The number of methoxy groups -OCH3 is 1. The fourth-order valence-electron chi connectivity index (χ4n) is 3.37. The first-order valence-electron chi connectivity index (χ1n) is 7.42. The number of hydrogen-bond donors (Lipinski definition) is 0. The molecule has 5 heterocycles. The normalized spacial score (nSPS) is 23.2. The Bertz CT molecular complexity index is 681. The Labute approximate surface area is 129 Å². The molecule has 3 aliphatic rings. The van der Waals surface area contributed by atoms with Crippen molar-refractivity contribution >= 4 is 11.6 Å². The molecule has 0 saturated carbocycles. The summed E-state index contributed by atoms with van der Waals surface area (Å²) in [4.78, 5) is 21.7. The lowest BCUT2D eigenvalue weighted by molar-refractivity contribution is 0.287. The standard InChI is InChI=1S/C15H18N6O/c1-10-3-13(17-8-16-10)20-6-11-4-12(7-20)21(11)14-5-15(22-2)19-9-18-14/h3,5,8-9,11-12H,4,6-7H2,1-2H3. The van der Waals surface area contributed by atoms with E-state index in [9.17, 15) is 0 Å². The first kappa shape index (κ1) is 13.2. The molecule has 7 heteroatoms. The van der Waals surface area contributed by atoms with E-state index in [0.717, 1.165) is 30.4 Å². The summed E-state index contributed by atoms with van der Waals surface area (Å²) in [7, 11) is 1.63. The summed E-state index contributed by atoms with van der Waals surface area (Å²) >= 11 is 0. The van der Waals surface area contributed by atoms with E-state index in [1.807, 2.05) is 19.1 Å². The topological polar surface area (TPSA) is 67.3 Å². The van der Waals surface area contributed by atoms with Crippen molar-refractivity contribution in [3.8, 4) is 5.88 Å². The number of rotatable bonds is 3. The zero-order chi connectivity index (χ0) is 15.1. The van der Waals surface area contributed by atoms with Gasteiger partial charge in [0.25, 0.3) is 0 Å². The molecule has 2 bridgehead atoms. The monoisotopic (exact) mass is 298 g/mol. The molecule has 3 saturated heterocycles. The van der Waals surface area contributed by atoms with Gasteiger partial charge in [-0.05, 0) is 13.3 Å². The minimum absolute atomic E-state index is 0.466. The number of piperazine rings is 1. The predicted octanol–water partition coefficient (Wildman–Crippen LogP) is 1.05. The molecule has 0 N–H and O–H groups in total. The number of aromatic nitrogens is 4. The third-order valence-corrected chi connectivity index (χ3v) is 4.41. The van der Waals surface area contributed by atoms with Crippen LogP contribution in [0, 0.1) is 6.92 Å². The first-order chi connectivity index (χ1) is 10.7. The van der Waals surface area contributed by atoms with Crippen LogP contribution >= 0.6 is 0 Å². The molecule has 0 amide bonds. The van der Waals surface area contributed by atoms with E-state index < -0.39 is 0 Å². The molecule has 2 aromatic heterocycles. The largest absolute Gasteiger partial charge is 0.481 e. The van der Waals surface area contributed by atoms with Crippen molar-refractivity contribution < 1.29 is 4.74 Å². The van der Waals surface area contributed by atoms with E-state index in [1.165, 1.54) is 6.42 Å². The average Bonchev–Trinajstić information content (AvgIpc) is 2.55. The minimum Gasteiger partial charge on any atom is -0.481 e. The Morgan fingerprint density at radius 2 is 1.73 bits per heavy atom. The fraction of sp³-hybridized carbons (Fsp3) is 0.467. The van der Waals surface area contributed by atoms with Crippen molar-refractivity contribution in [2.75, 3.05) is 30.0 Å². The molecule has 2 unspecified atom stereocenters. The van der Waals surface area contributed by atoms with Gasteiger partial charge >= 0.3 is 0 Å². The summed E-state index contributed by atoms with van der Waals surface area (Å²) in [6.07, 6.45) is 4.40. The van der Waals surface area contributed by atoms with Crippen LogP contribution in [0.5, 0.6) is 5.88 Å². The predicted molar refractivity (Wildman–Crippen MR) is 82.2 cm³/mol. The van der Waals surface area contributed by atoms with E-state index in [-0.39, 0.29) is 0 Å². The molecule has 2 aromatic rings. The van der Waals surface area contributed by atoms with Gasteiger partial charge in [0.1, 0.15) is 24.3 Å². The third kappa shape index (κ3) is 2.13. The van der Waals surface area contributed by atoms with Gasteiger partial charge in [-0.25, -0.2) is 19.9 Å². The first-order valence-corrected chi connectivity index (χ1v) is 7.42. The molecule has 2 atom stereocenters. The summed E-state index contributed by atoms with van der Waals surface area (Å²) in [5.74, 6) is 2.58.